The number of benzene rings is 1. The fourth-order valence-corrected chi connectivity index (χ4v) is 4.38. The summed E-state index contributed by atoms with van der Waals surface area (Å²) in [5.41, 5.74) is 6.93. The van der Waals surface area contributed by atoms with Crippen molar-refractivity contribution < 1.29 is 23.5 Å². The Bertz CT molecular complexity index is 894. The summed E-state index contributed by atoms with van der Waals surface area (Å²) in [6.07, 6.45) is 3.36. The van der Waals surface area contributed by atoms with Gasteiger partial charge in [0.2, 0.25) is 0 Å². The molecule has 0 saturated carbocycles. The first kappa shape index (κ1) is 19.0. The van der Waals surface area contributed by atoms with Crippen LogP contribution in [-0.2, 0) is 33.6 Å². The number of carbonyl (C=O) groups is 3. The van der Waals surface area contributed by atoms with Crippen molar-refractivity contribution in [3.8, 4) is 0 Å². The van der Waals surface area contributed by atoms with Crippen molar-refractivity contribution in [2.24, 2.45) is 5.73 Å². The Morgan fingerprint density at radius 2 is 1.93 bits per heavy atom. The molecule has 1 aromatic carbocycles. The number of anilines is 1. The average Bonchev–Trinajstić information content (AvgIpc) is 3.00. The van der Waals surface area contributed by atoms with Gasteiger partial charge in [-0.3, -0.25) is 14.4 Å². The molecule has 142 valence electrons. The van der Waals surface area contributed by atoms with Crippen LogP contribution in [0, 0.1) is 5.82 Å². The zero-order valence-corrected chi connectivity index (χ0v) is 15.4. The molecule has 2 aromatic rings. The molecule has 1 aromatic heterocycles. The maximum atomic E-state index is 13.5. The summed E-state index contributed by atoms with van der Waals surface area (Å²) in [5, 5.41) is 3.00. The summed E-state index contributed by atoms with van der Waals surface area (Å²) in [7, 11) is 0. The molecule has 1 aliphatic rings. The van der Waals surface area contributed by atoms with Crippen LogP contribution in [0.4, 0.5) is 9.39 Å². The molecule has 8 heteroatoms. The first-order valence-electron chi connectivity index (χ1n) is 8.59. The fraction of sp³-hybridized carbons (Fsp3) is 0.316. The van der Waals surface area contributed by atoms with E-state index >= 15 is 0 Å². The van der Waals surface area contributed by atoms with Crippen LogP contribution in [0.15, 0.2) is 24.3 Å². The van der Waals surface area contributed by atoms with Gasteiger partial charge >= 0.3 is 5.97 Å². The van der Waals surface area contributed by atoms with Gasteiger partial charge in [0, 0.05) is 4.88 Å². The summed E-state index contributed by atoms with van der Waals surface area (Å²) in [4.78, 5) is 36.8. The molecule has 0 atom stereocenters. The van der Waals surface area contributed by atoms with Crippen LogP contribution < -0.4 is 11.1 Å². The minimum atomic E-state index is -0.712. The number of carbonyl (C=O) groups excluding carboxylic acids is 3. The Kier molecular flexibility index (Phi) is 5.85. The summed E-state index contributed by atoms with van der Waals surface area (Å²) in [6, 6.07) is 5.86. The highest BCUT2D eigenvalue weighted by molar-refractivity contribution is 7.17. The third-order valence-electron chi connectivity index (χ3n) is 4.33. The molecule has 0 saturated heterocycles. The summed E-state index contributed by atoms with van der Waals surface area (Å²) < 4.78 is 18.4. The highest BCUT2D eigenvalue weighted by Gasteiger charge is 2.25. The lowest BCUT2D eigenvalue weighted by Crippen LogP contribution is -2.23. The quantitative estimate of drug-likeness (QED) is 0.741. The molecule has 3 rings (SSSR count). The van der Waals surface area contributed by atoms with Gasteiger partial charge in [0.1, 0.15) is 10.8 Å². The number of amides is 2. The Balaban J connectivity index is 1.60. The summed E-state index contributed by atoms with van der Waals surface area (Å²) in [5.74, 6) is -2.37. The number of esters is 1. The number of thiophene rings is 1. The highest BCUT2D eigenvalue weighted by Crippen LogP contribution is 2.37. The van der Waals surface area contributed by atoms with Crippen molar-refractivity contribution in [1.29, 1.82) is 0 Å². The van der Waals surface area contributed by atoms with Crippen LogP contribution >= 0.6 is 11.3 Å². The van der Waals surface area contributed by atoms with Gasteiger partial charge < -0.3 is 15.8 Å². The van der Waals surface area contributed by atoms with Crippen molar-refractivity contribution >= 4 is 34.1 Å². The first-order chi connectivity index (χ1) is 13.0. The first-order valence-corrected chi connectivity index (χ1v) is 9.40. The van der Waals surface area contributed by atoms with Crippen LogP contribution in [0.25, 0.3) is 0 Å². The van der Waals surface area contributed by atoms with Gasteiger partial charge in [-0.25, -0.2) is 4.39 Å². The van der Waals surface area contributed by atoms with Crippen molar-refractivity contribution in [2.45, 2.75) is 32.1 Å². The van der Waals surface area contributed by atoms with Crippen molar-refractivity contribution in [3.05, 3.63) is 51.7 Å². The van der Waals surface area contributed by atoms with Crippen LogP contribution in [0.5, 0.6) is 0 Å². The van der Waals surface area contributed by atoms with Gasteiger partial charge in [0.25, 0.3) is 11.8 Å². The Hall–Kier alpha value is -2.74. The van der Waals surface area contributed by atoms with E-state index in [0.717, 1.165) is 36.1 Å². The van der Waals surface area contributed by atoms with Crippen LogP contribution in [0.1, 0.15) is 39.2 Å². The number of nitrogens with two attached hydrogens (primary N) is 1. The lowest BCUT2D eigenvalue weighted by molar-refractivity contribution is -0.146. The van der Waals surface area contributed by atoms with Gasteiger partial charge in [-0.05, 0) is 42.9 Å². The predicted molar refractivity (Wildman–Crippen MR) is 99.2 cm³/mol. The maximum absolute atomic E-state index is 13.5. The number of fused-ring (bicyclic) bond motifs is 1. The molecule has 0 bridgehead atoms. The molecule has 6 nitrogen and oxygen atoms in total. The lowest BCUT2D eigenvalue weighted by Gasteiger charge is -2.11. The van der Waals surface area contributed by atoms with E-state index in [1.54, 1.807) is 6.07 Å². The molecule has 0 unspecified atom stereocenters. The molecule has 27 heavy (non-hydrogen) atoms. The summed E-state index contributed by atoms with van der Waals surface area (Å²) in [6.45, 7) is -0.520. The van der Waals surface area contributed by atoms with Gasteiger partial charge in [0.15, 0.2) is 6.61 Å². The van der Waals surface area contributed by atoms with E-state index in [4.69, 9.17) is 10.5 Å². The van der Waals surface area contributed by atoms with E-state index in [1.165, 1.54) is 29.5 Å². The molecule has 3 N–H and O–H groups in total. The van der Waals surface area contributed by atoms with E-state index in [1.807, 2.05) is 0 Å². The standard InChI is InChI=1S/C19H19FN2O4S/c20-13-7-3-1-5-11(13)9-16(24)26-10-15(23)22-19-17(18(21)25)12-6-2-4-8-14(12)27-19/h1,3,5,7H,2,4,6,8-10H2,(H2,21,25)(H,22,23). The van der Waals surface area contributed by atoms with Gasteiger partial charge in [-0.2, -0.15) is 0 Å². The number of aryl methyl sites for hydroxylation is 1. The average molecular weight is 390 g/mol. The second kappa shape index (κ2) is 8.30. The minimum absolute atomic E-state index is 0.199. The van der Waals surface area contributed by atoms with Crippen LogP contribution in [0.2, 0.25) is 0 Å². The molecule has 0 fully saturated rings. The summed E-state index contributed by atoms with van der Waals surface area (Å²) >= 11 is 1.33. The Morgan fingerprint density at radius 3 is 2.67 bits per heavy atom. The van der Waals surface area contributed by atoms with Gasteiger partial charge in [0.05, 0.1) is 12.0 Å². The third-order valence-corrected chi connectivity index (χ3v) is 5.53. The number of hydrogen-bond acceptors (Lipinski definition) is 5. The Labute approximate surface area is 159 Å². The third kappa shape index (κ3) is 4.51. The lowest BCUT2D eigenvalue weighted by atomic mass is 9.95. The van der Waals surface area contributed by atoms with Crippen molar-refractivity contribution in [3.63, 3.8) is 0 Å². The van der Waals surface area contributed by atoms with Gasteiger partial charge in [-0.15, -0.1) is 11.3 Å². The topological polar surface area (TPSA) is 98.5 Å². The number of nitrogens with one attached hydrogen (secondary N) is 1. The number of ether oxygens (including phenoxy) is 1. The fourth-order valence-electron chi connectivity index (χ4n) is 3.07. The second-order valence-electron chi connectivity index (χ2n) is 6.26. The highest BCUT2D eigenvalue weighted by atomic mass is 32.1. The van der Waals surface area contributed by atoms with Crippen molar-refractivity contribution in [2.75, 3.05) is 11.9 Å². The minimum Gasteiger partial charge on any atom is -0.455 e. The zero-order valence-electron chi connectivity index (χ0n) is 14.5. The number of primary amides is 1. The molecule has 0 spiro atoms. The zero-order chi connectivity index (χ0) is 19.4. The molecule has 1 aliphatic carbocycles. The molecule has 2 amide bonds. The molecule has 0 aliphatic heterocycles. The molecule has 0 radical (unpaired) electrons. The SMILES string of the molecule is NC(=O)c1c(NC(=O)COC(=O)Cc2ccccc2F)sc2c1CCCC2. The number of halogens is 1. The van der Waals surface area contributed by atoms with Crippen LogP contribution in [0.3, 0.4) is 0 Å². The van der Waals surface area contributed by atoms with E-state index in [0.29, 0.717) is 10.6 Å². The predicted octanol–water partition coefficient (Wildman–Crippen LogP) is 2.59. The van der Waals surface area contributed by atoms with E-state index in [9.17, 15) is 18.8 Å². The monoisotopic (exact) mass is 390 g/mol. The second-order valence-corrected chi connectivity index (χ2v) is 7.36. The Morgan fingerprint density at radius 1 is 1.19 bits per heavy atom. The van der Waals surface area contributed by atoms with Crippen molar-refractivity contribution in [1.82, 2.24) is 0 Å². The smallest absolute Gasteiger partial charge is 0.310 e. The largest absolute Gasteiger partial charge is 0.455 e. The van der Waals surface area contributed by atoms with Crippen LogP contribution in [-0.4, -0.2) is 24.4 Å². The van der Waals surface area contributed by atoms with Gasteiger partial charge in [-0.1, -0.05) is 18.2 Å². The normalized spacial score (nSPS) is 12.9. The molecular formula is C19H19FN2O4S. The van der Waals surface area contributed by atoms with E-state index in [-0.39, 0.29) is 12.0 Å². The molecular weight excluding hydrogens is 371 g/mol. The van der Waals surface area contributed by atoms with E-state index in [2.05, 4.69) is 5.32 Å². The number of rotatable bonds is 6. The number of hydrogen-bond donors (Lipinski definition) is 2. The van der Waals surface area contributed by atoms with E-state index < -0.39 is 30.2 Å². The molecule has 1 heterocycles. The maximum Gasteiger partial charge on any atom is 0.310 e.